The molecular weight excluding hydrogens is 458 g/mol. The number of carboxylic acids is 4. The van der Waals surface area contributed by atoms with Gasteiger partial charge in [0.05, 0.1) is 0 Å². The Morgan fingerprint density at radius 2 is 0.882 bits per heavy atom. The van der Waals surface area contributed by atoms with Crippen molar-refractivity contribution >= 4 is 41.6 Å². The van der Waals surface area contributed by atoms with Crippen LogP contribution in [0.25, 0.3) is 0 Å². The summed E-state index contributed by atoms with van der Waals surface area (Å²) in [6.07, 6.45) is 3.74. The Bertz CT molecular complexity index is 792. The van der Waals surface area contributed by atoms with Gasteiger partial charge in [0.15, 0.2) is 0 Å². The summed E-state index contributed by atoms with van der Waals surface area (Å²) in [5.74, 6) is -7.71. The molecule has 0 heterocycles. The van der Waals surface area contributed by atoms with Crippen molar-refractivity contribution in [3.8, 4) is 0 Å². The van der Waals surface area contributed by atoms with Crippen LogP contribution < -0.4 is 16.0 Å². The first kappa shape index (κ1) is 29.5. The van der Waals surface area contributed by atoms with E-state index in [9.17, 15) is 33.6 Å². The molecule has 0 bridgehead atoms. The van der Waals surface area contributed by atoms with Crippen LogP contribution in [0.4, 0.5) is 0 Å². The zero-order valence-electron chi connectivity index (χ0n) is 17.9. The Balaban J connectivity index is 5.71. The van der Waals surface area contributed by atoms with E-state index >= 15 is 0 Å². The summed E-state index contributed by atoms with van der Waals surface area (Å²) in [4.78, 5) is 78.4. The highest BCUT2D eigenvalue weighted by atomic mass is 16.4. The summed E-state index contributed by atoms with van der Waals surface area (Å²) in [5, 5.41) is 42.0. The minimum Gasteiger partial charge on any atom is -0.481 e. The second-order valence-electron chi connectivity index (χ2n) is 6.92. The van der Waals surface area contributed by atoms with Gasteiger partial charge in [-0.05, 0) is 12.8 Å². The number of carbonyl (C=O) groups is 7. The summed E-state index contributed by atoms with van der Waals surface area (Å²) in [5.41, 5.74) is -1.21. The van der Waals surface area contributed by atoms with E-state index < -0.39 is 47.0 Å². The van der Waals surface area contributed by atoms with Crippen molar-refractivity contribution in [2.75, 3.05) is 19.6 Å². The fourth-order valence-corrected chi connectivity index (χ4v) is 2.51. The van der Waals surface area contributed by atoms with E-state index in [-0.39, 0.29) is 38.9 Å². The van der Waals surface area contributed by atoms with E-state index in [0.717, 1.165) is 18.2 Å². The normalized spacial score (nSPS) is 11.4. The molecule has 0 spiro atoms. The first-order chi connectivity index (χ1) is 15.8. The molecule has 0 saturated carbocycles. The zero-order valence-corrected chi connectivity index (χ0v) is 17.9. The number of carboxylic acid groups (broad SMARTS) is 4. The minimum absolute atomic E-state index is 0.0358. The number of amides is 3. The molecule has 0 atom stereocenters. The zero-order chi connectivity index (χ0) is 26.1. The lowest BCUT2D eigenvalue weighted by Crippen LogP contribution is -2.51. The highest BCUT2D eigenvalue weighted by Gasteiger charge is 2.31. The Hall–Kier alpha value is -4.49. The molecule has 14 heteroatoms. The molecular formula is C20H25N3O11. The lowest BCUT2D eigenvalue weighted by atomic mass is 9.81. The lowest BCUT2D eigenvalue weighted by Gasteiger charge is -2.34. The molecule has 0 radical (unpaired) electrons. The Labute approximate surface area is 193 Å². The second-order valence-corrected chi connectivity index (χ2v) is 6.92. The van der Waals surface area contributed by atoms with Crippen LogP contribution in [0.15, 0.2) is 36.5 Å². The number of hydrogen-bond donors (Lipinski definition) is 7. The topological polar surface area (TPSA) is 236 Å². The van der Waals surface area contributed by atoms with Gasteiger partial charge in [0.25, 0.3) is 0 Å². The van der Waals surface area contributed by atoms with Gasteiger partial charge in [-0.3, -0.25) is 19.2 Å². The molecule has 0 unspecified atom stereocenters. The van der Waals surface area contributed by atoms with Crippen LogP contribution in [-0.2, 0) is 33.6 Å². The van der Waals surface area contributed by atoms with Crippen molar-refractivity contribution in [3.05, 3.63) is 36.5 Å². The fraction of sp³-hybridized carbons (Fsp3) is 0.350. The molecule has 0 aromatic heterocycles. The van der Waals surface area contributed by atoms with Crippen LogP contribution in [0, 0.1) is 5.41 Å². The van der Waals surface area contributed by atoms with Gasteiger partial charge in [0.1, 0.15) is 0 Å². The molecule has 0 aliphatic heterocycles. The second kappa shape index (κ2) is 15.3. The number of aliphatic carboxylic acids is 4. The van der Waals surface area contributed by atoms with Gasteiger partial charge >= 0.3 is 23.9 Å². The number of nitrogens with one attached hydrogen (secondary N) is 3. The van der Waals surface area contributed by atoms with Crippen LogP contribution in [0.3, 0.4) is 0 Å². The highest BCUT2D eigenvalue weighted by Crippen LogP contribution is 2.23. The predicted molar refractivity (Wildman–Crippen MR) is 113 cm³/mol. The molecule has 0 fully saturated rings. The van der Waals surface area contributed by atoms with Crippen LogP contribution in [0.2, 0.25) is 0 Å². The van der Waals surface area contributed by atoms with E-state index in [4.69, 9.17) is 20.4 Å². The number of hydrogen-bond acceptors (Lipinski definition) is 7. The van der Waals surface area contributed by atoms with Crippen molar-refractivity contribution in [2.45, 2.75) is 19.3 Å². The van der Waals surface area contributed by atoms with E-state index in [0.29, 0.717) is 18.2 Å². The summed E-state index contributed by atoms with van der Waals surface area (Å²) in [7, 11) is 0. The molecule has 3 amide bonds. The van der Waals surface area contributed by atoms with Crippen LogP contribution in [0.1, 0.15) is 19.3 Å². The van der Waals surface area contributed by atoms with Gasteiger partial charge in [-0.2, -0.15) is 0 Å². The first-order valence-electron chi connectivity index (χ1n) is 9.63. The monoisotopic (exact) mass is 483 g/mol. The van der Waals surface area contributed by atoms with Gasteiger partial charge in [-0.25, -0.2) is 14.4 Å². The molecule has 34 heavy (non-hydrogen) atoms. The third kappa shape index (κ3) is 15.3. The molecule has 0 aromatic rings. The maximum absolute atomic E-state index is 11.9. The van der Waals surface area contributed by atoms with E-state index in [2.05, 4.69) is 16.0 Å². The first-order valence-corrected chi connectivity index (χ1v) is 9.63. The third-order valence-electron chi connectivity index (χ3n) is 4.14. The summed E-state index contributed by atoms with van der Waals surface area (Å²) in [6, 6.07) is 0. The quantitative estimate of drug-likeness (QED) is 0.125. The maximum atomic E-state index is 11.9. The molecule has 186 valence electrons. The van der Waals surface area contributed by atoms with Crippen LogP contribution in [0.5, 0.6) is 0 Å². The molecule has 7 N–H and O–H groups in total. The van der Waals surface area contributed by atoms with Gasteiger partial charge < -0.3 is 36.4 Å². The maximum Gasteiger partial charge on any atom is 0.328 e. The SMILES string of the molecule is O=C(O)/C=C\C(=O)NCC(CCCC(=O)O)(CNC(=O)/C=C\C(=O)O)CNC(=O)/C=C\C(=O)O. The predicted octanol–water partition coefficient (Wildman–Crippen LogP) is -1.50. The minimum atomic E-state index is -1.38. The van der Waals surface area contributed by atoms with Crippen molar-refractivity contribution in [3.63, 3.8) is 0 Å². The molecule has 0 saturated heterocycles. The summed E-state index contributed by atoms with van der Waals surface area (Å²) >= 11 is 0. The van der Waals surface area contributed by atoms with Gasteiger partial charge in [0, 0.05) is 67.9 Å². The van der Waals surface area contributed by atoms with Crippen molar-refractivity contribution in [1.82, 2.24) is 16.0 Å². The molecule has 0 aliphatic carbocycles. The number of carbonyl (C=O) groups excluding carboxylic acids is 3. The molecule has 14 nitrogen and oxygen atoms in total. The van der Waals surface area contributed by atoms with Crippen molar-refractivity contribution in [1.29, 1.82) is 0 Å². The van der Waals surface area contributed by atoms with E-state index in [1.807, 2.05) is 0 Å². The fourth-order valence-electron chi connectivity index (χ4n) is 2.51. The average molecular weight is 483 g/mol. The van der Waals surface area contributed by atoms with Crippen molar-refractivity contribution in [2.24, 2.45) is 5.41 Å². The Kier molecular flexibility index (Phi) is 13.3. The highest BCUT2D eigenvalue weighted by molar-refractivity contribution is 5.95. The van der Waals surface area contributed by atoms with Gasteiger partial charge in [0.2, 0.25) is 17.7 Å². The van der Waals surface area contributed by atoms with Crippen LogP contribution >= 0.6 is 0 Å². The molecule has 0 aromatic carbocycles. The van der Waals surface area contributed by atoms with E-state index in [1.165, 1.54) is 0 Å². The molecule has 0 aliphatic rings. The van der Waals surface area contributed by atoms with Crippen LogP contribution in [-0.4, -0.2) is 81.7 Å². The Morgan fingerprint density at radius 1 is 0.559 bits per heavy atom. The van der Waals surface area contributed by atoms with Crippen molar-refractivity contribution < 1.29 is 54.0 Å². The number of rotatable bonds is 16. The van der Waals surface area contributed by atoms with E-state index in [1.54, 1.807) is 0 Å². The largest absolute Gasteiger partial charge is 0.481 e. The Morgan fingerprint density at radius 3 is 1.15 bits per heavy atom. The average Bonchev–Trinajstić information content (AvgIpc) is 2.75. The van der Waals surface area contributed by atoms with Gasteiger partial charge in [-0.15, -0.1) is 0 Å². The smallest absolute Gasteiger partial charge is 0.328 e. The third-order valence-corrected chi connectivity index (χ3v) is 4.14. The molecule has 0 rings (SSSR count). The van der Waals surface area contributed by atoms with Gasteiger partial charge in [-0.1, -0.05) is 0 Å². The lowest BCUT2D eigenvalue weighted by molar-refractivity contribution is -0.137. The summed E-state index contributed by atoms with van der Waals surface area (Å²) in [6.45, 7) is -0.788. The standard InChI is InChI=1S/C20H25N3O11/c24-13(3-6-17(29)30)21-10-20(9-1-2-16(27)28,11-22-14(25)4-7-18(31)32)12-23-15(26)5-8-19(33)34/h3-8H,1-2,9-12H2,(H,21,24)(H,22,25)(H,23,26)(H,27,28)(H,29,30)(H,31,32)(H,33,34)/b6-3-,7-4-,8-5-. The summed E-state index contributed by atoms with van der Waals surface area (Å²) < 4.78 is 0.